The van der Waals surface area contributed by atoms with Crippen LogP contribution in [0.1, 0.15) is 23.2 Å². The Morgan fingerprint density at radius 3 is 2.56 bits per heavy atom. The number of carbonyl (C=O) groups is 1. The molecule has 0 spiro atoms. The standard InChI is InChI=1S/C11H19N5OS/c1-15(2)7-3-5-16(6-4-7)11-8(10(13)17)9(12)14-18-11/h7H,3-6H2,1-2H3,(H2,12,14)(H2,13,17). The Morgan fingerprint density at radius 1 is 1.44 bits per heavy atom. The summed E-state index contributed by atoms with van der Waals surface area (Å²) in [7, 11) is 4.19. The smallest absolute Gasteiger partial charge is 0.255 e. The average molecular weight is 269 g/mol. The highest BCUT2D eigenvalue weighted by atomic mass is 32.1. The molecule has 0 bridgehead atoms. The predicted molar refractivity (Wildman–Crippen MR) is 74.0 cm³/mol. The third-order valence-electron chi connectivity index (χ3n) is 3.43. The molecule has 6 nitrogen and oxygen atoms in total. The van der Waals surface area contributed by atoms with E-state index in [2.05, 4.69) is 28.3 Å². The van der Waals surface area contributed by atoms with Crippen LogP contribution >= 0.6 is 11.5 Å². The summed E-state index contributed by atoms with van der Waals surface area (Å²) >= 11 is 1.26. The lowest BCUT2D eigenvalue weighted by Gasteiger charge is -2.35. The van der Waals surface area contributed by atoms with Gasteiger partial charge in [-0.1, -0.05) is 0 Å². The zero-order valence-electron chi connectivity index (χ0n) is 10.7. The first-order chi connectivity index (χ1) is 8.50. The zero-order chi connectivity index (χ0) is 13.3. The first-order valence-electron chi connectivity index (χ1n) is 5.97. The molecule has 0 aromatic carbocycles. The highest BCUT2D eigenvalue weighted by Gasteiger charge is 2.26. The van der Waals surface area contributed by atoms with Gasteiger partial charge in [-0.2, -0.15) is 4.37 Å². The summed E-state index contributed by atoms with van der Waals surface area (Å²) in [6.07, 6.45) is 2.14. The van der Waals surface area contributed by atoms with E-state index in [1.165, 1.54) is 11.5 Å². The van der Waals surface area contributed by atoms with Crippen LogP contribution in [0.25, 0.3) is 0 Å². The van der Waals surface area contributed by atoms with Gasteiger partial charge in [0.15, 0.2) is 5.82 Å². The van der Waals surface area contributed by atoms with Crippen LogP contribution in [0.4, 0.5) is 10.8 Å². The Labute approximate surface area is 111 Å². The van der Waals surface area contributed by atoms with Crippen LogP contribution in [0.3, 0.4) is 0 Å². The molecule has 7 heteroatoms. The third-order valence-corrected chi connectivity index (χ3v) is 4.35. The number of hydrogen-bond donors (Lipinski definition) is 2. The summed E-state index contributed by atoms with van der Waals surface area (Å²) in [5.74, 6) is -0.247. The lowest BCUT2D eigenvalue weighted by atomic mass is 10.0. The fourth-order valence-electron chi connectivity index (χ4n) is 2.33. The van der Waals surface area contributed by atoms with Crippen LogP contribution < -0.4 is 16.4 Å². The van der Waals surface area contributed by atoms with E-state index in [9.17, 15) is 4.79 Å². The van der Waals surface area contributed by atoms with Crippen molar-refractivity contribution < 1.29 is 4.79 Å². The fraction of sp³-hybridized carbons (Fsp3) is 0.636. The summed E-state index contributed by atoms with van der Waals surface area (Å²) in [6.45, 7) is 1.82. The minimum absolute atomic E-state index is 0.247. The van der Waals surface area contributed by atoms with Gasteiger partial charge >= 0.3 is 0 Å². The molecule has 1 saturated heterocycles. The number of amides is 1. The molecule has 1 amide bonds. The van der Waals surface area contributed by atoms with Crippen molar-refractivity contribution in [2.24, 2.45) is 5.73 Å². The van der Waals surface area contributed by atoms with E-state index in [0.717, 1.165) is 30.9 Å². The number of rotatable bonds is 3. The van der Waals surface area contributed by atoms with Gasteiger partial charge in [-0.3, -0.25) is 4.79 Å². The van der Waals surface area contributed by atoms with Gasteiger partial charge in [-0.15, -0.1) is 0 Å². The molecule has 0 unspecified atom stereocenters. The fourth-order valence-corrected chi connectivity index (χ4v) is 3.20. The van der Waals surface area contributed by atoms with Crippen molar-refractivity contribution in [3.05, 3.63) is 5.56 Å². The molecule has 1 aromatic rings. The second kappa shape index (κ2) is 5.11. The molecule has 1 aliphatic heterocycles. The molecular formula is C11H19N5OS. The highest BCUT2D eigenvalue weighted by Crippen LogP contribution is 2.32. The molecular weight excluding hydrogens is 250 g/mol. The van der Waals surface area contributed by atoms with Gasteiger partial charge in [0.1, 0.15) is 10.6 Å². The molecule has 100 valence electrons. The molecule has 2 rings (SSSR count). The number of carbonyl (C=O) groups excluding carboxylic acids is 1. The summed E-state index contributed by atoms with van der Waals surface area (Å²) in [4.78, 5) is 15.8. The number of hydrogen-bond acceptors (Lipinski definition) is 6. The Kier molecular flexibility index (Phi) is 3.72. The van der Waals surface area contributed by atoms with Crippen molar-refractivity contribution in [2.75, 3.05) is 37.8 Å². The Balaban J connectivity index is 2.13. The highest BCUT2D eigenvalue weighted by molar-refractivity contribution is 7.11. The molecule has 0 atom stereocenters. The van der Waals surface area contributed by atoms with E-state index in [-0.39, 0.29) is 5.82 Å². The quantitative estimate of drug-likeness (QED) is 0.827. The predicted octanol–water partition coefficient (Wildman–Crippen LogP) is 0.355. The van der Waals surface area contributed by atoms with Crippen LogP contribution in [-0.4, -0.2) is 48.4 Å². The summed E-state index contributed by atoms with van der Waals surface area (Å²) in [6, 6.07) is 0.601. The second-order valence-electron chi connectivity index (χ2n) is 4.79. The normalized spacial score (nSPS) is 17.4. The molecule has 0 radical (unpaired) electrons. The maximum atomic E-state index is 11.4. The SMILES string of the molecule is CN(C)C1CCN(c2snc(N)c2C(N)=O)CC1. The van der Waals surface area contributed by atoms with Gasteiger partial charge in [0.25, 0.3) is 5.91 Å². The lowest BCUT2D eigenvalue weighted by Crippen LogP contribution is -2.42. The van der Waals surface area contributed by atoms with Gasteiger partial charge < -0.3 is 21.3 Å². The van der Waals surface area contributed by atoms with E-state index in [4.69, 9.17) is 11.5 Å². The monoisotopic (exact) mass is 269 g/mol. The van der Waals surface area contributed by atoms with E-state index >= 15 is 0 Å². The van der Waals surface area contributed by atoms with E-state index in [1.807, 2.05) is 0 Å². The molecule has 2 heterocycles. The van der Waals surface area contributed by atoms with Crippen LogP contribution in [0.15, 0.2) is 0 Å². The van der Waals surface area contributed by atoms with Gasteiger partial charge in [-0.05, 0) is 38.5 Å². The minimum atomic E-state index is -0.494. The van der Waals surface area contributed by atoms with Crippen molar-refractivity contribution >= 4 is 28.3 Å². The Bertz CT molecular complexity index is 437. The van der Waals surface area contributed by atoms with Crippen molar-refractivity contribution in [3.8, 4) is 0 Å². The molecule has 18 heavy (non-hydrogen) atoms. The largest absolute Gasteiger partial charge is 0.382 e. The topological polar surface area (TPSA) is 88.5 Å². The summed E-state index contributed by atoms with van der Waals surface area (Å²) < 4.78 is 4.03. The number of nitrogens with zero attached hydrogens (tertiary/aromatic N) is 3. The molecule has 1 aromatic heterocycles. The van der Waals surface area contributed by atoms with Gasteiger partial charge in [0, 0.05) is 19.1 Å². The average Bonchev–Trinajstić information content (AvgIpc) is 2.71. The van der Waals surface area contributed by atoms with Gasteiger partial charge in [0.05, 0.1) is 0 Å². The van der Waals surface area contributed by atoms with Gasteiger partial charge in [-0.25, -0.2) is 0 Å². The van der Waals surface area contributed by atoms with Crippen LogP contribution in [0.2, 0.25) is 0 Å². The van der Waals surface area contributed by atoms with Crippen molar-refractivity contribution in [1.29, 1.82) is 0 Å². The molecule has 1 fully saturated rings. The summed E-state index contributed by atoms with van der Waals surface area (Å²) in [5, 5.41) is 0.817. The molecule has 0 saturated carbocycles. The number of anilines is 2. The number of aromatic nitrogens is 1. The second-order valence-corrected chi connectivity index (χ2v) is 5.55. The van der Waals surface area contributed by atoms with Crippen molar-refractivity contribution in [3.63, 3.8) is 0 Å². The van der Waals surface area contributed by atoms with E-state index in [0.29, 0.717) is 11.6 Å². The van der Waals surface area contributed by atoms with Crippen LogP contribution in [0.5, 0.6) is 0 Å². The zero-order valence-corrected chi connectivity index (χ0v) is 11.5. The number of nitrogen functional groups attached to an aromatic ring is 1. The Hall–Kier alpha value is -1.34. The first kappa shape index (κ1) is 13.1. The lowest BCUT2D eigenvalue weighted by molar-refractivity contribution is 0.100. The minimum Gasteiger partial charge on any atom is -0.382 e. The van der Waals surface area contributed by atoms with E-state index in [1.54, 1.807) is 0 Å². The maximum Gasteiger partial charge on any atom is 0.255 e. The van der Waals surface area contributed by atoms with Crippen molar-refractivity contribution in [2.45, 2.75) is 18.9 Å². The number of piperidine rings is 1. The summed E-state index contributed by atoms with van der Waals surface area (Å²) in [5.41, 5.74) is 11.4. The third kappa shape index (κ3) is 2.41. The van der Waals surface area contributed by atoms with Gasteiger partial charge in [0.2, 0.25) is 0 Å². The van der Waals surface area contributed by atoms with E-state index < -0.39 is 5.91 Å². The number of nitrogens with two attached hydrogens (primary N) is 2. The maximum absolute atomic E-state index is 11.4. The number of primary amides is 1. The molecule has 4 N–H and O–H groups in total. The van der Waals surface area contributed by atoms with Crippen molar-refractivity contribution in [1.82, 2.24) is 9.27 Å². The first-order valence-corrected chi connectivity index (χ1v) is 6.74. The molecule has 1 aliphatic rings. The van der Waals surface area contributed by atoms with Crippen LogP contribution in [-0.2, 0) is 0 Å². The van der Waals surface area contributed by atoms with Crippen LogP contribution in [0, 0.1) is 0 Å². The Morgan fingerprint density at radius 2 is 2.06 bits per heavy atom. The molecule has 0 aliphatic carbocycles.